The molecule has 2 nitrogen and oxygen atoms in total. The van der Waals surface area contributed by atoms with Crippen molar-refractivity contribution < 1.29 is 8.42 Å². The third kappa shape index (κ3) is 3.96. The average Bonchev–Trinajstić information content (AvgIpc) is 2.39. The van der Waals surface area contributed by atoms with Gasteiger partial charge < -0.3 is 0 Å². The maximum absolute atomic E-state index is 11.2. The van der Waals surface area contributed by atoms with E-state index in [0.717, 1.165) is 5.92 Å². The lowest BCUT2D eigenvalue weighted by atomic mass is 9.77. The van der Waals surface area contributed by atoms with E-state index < -0.39 is 9.05 Å². The second-order valence-electron chi connectivity index (χ2n) is 5.51. The summed E-state index contributed by atoms with van der Waals surface area (Å²) in [5, 5.41) is 0. The van der Waals surface area contributed by atoms with Gasteiger partial charge >= 0.3 is 0 Å². The first-order valence-electron chi connectivity index (χ1n) is 7.05. The number of hydrogen-bond donors (Lipinski definition) is 0. The van der Waals surface area contributed by atoms with Crippen LogP contribution in [0.25, 0.3) is 0 Å². The molecule has 0 unspecified atom stereocenters. The van der Waals surface area contributed by atoms with Crippen LogP contribution in [0.2, 0.25) is 0 Å². The molecule has 0 aromatic heterocycles. The van der Waals surface area contributed by atoms with Crippen LogP contribution in [0.15, 0.2) is 29.2 Å². The lowest BCUT2D eigenvalue weighted by Crippen LogP contribution is -2.13. The first kappa shape index (κ1) is 14.9. The molecule has 0 atom stereocenters. The zero-order valence-corrected chi connectivity index (χ0v) is 12.9. The van der Waals surface area contributed by atoms with Gasteiger partial charge in [0.2, 0.25) is 0 Å². The monoisotopic (exact) mass is 300 g/mol. The van der Waals surface area contributed by atoms with Crippen LogP contribution >= 0.6 is 10.7 Å². The van der Waals surface area contributed by atoms with Gasteiger partial charge in [-0.3, -0.25) is 0 Å². The van der Waals surface area contributed by atoms with Gasteiger partial charge in [0.1, 0.15) is 0 Å². The fourth-order valence-electron chi connectivity index (χ4n) is 3.10. The van der Waals surface area contributed by atoms with E-state index in [4.69, 9.17) is 10.7 Å². The molecule has 0 spiro atoms. The quantitative estimate of drug-likeness (QED) is 0.756. The van der Waals surface area contributed by atoms with Gasteiger partial charge in [-0.2, -0.15) is 0 Å². The summed E-state index contributed by atoms with van der Waals surface area (Å²) in [6, 6.07) is 7.08. The maximum atomic E-state index is 11.2. The normalized spacial score (nSPS) is 24.3. The highest BCUT2D eigenvalue weighted by atomic mass is 35.7. The summed E-state index contributed by atoms with van der Waals surface area (Å²) in [4.78, 5) is 0.192. The molecular weight excluding hydrogens is 280 g/mol. The summed E-state index contributed by atoms with van der Waals surface area (Å²) in [6.45, 7) is 2.25. The molecule has 0 aliphatic heterocycles. The number of halogens is 1. The summed E-state index contributed by atoms with van der Waals surface area (Å²) in [6.07, 6.45) is 7.66. The molecule has 0 bridgehead atoms. The lowest BCUT2D eigenvalue weighted by Gasteiger charge is -2.28. The Balaban J connectivity index is 2.00. The van der Waals surface area contributed by atoms with Gasteiger partial charge in [-0.1, -0.05) is 31.9 Å². The van der Waals surface area contributed by atoms with Crippen molar-refractivity contribution in [2.75, 3.05) is 0 Å². The Morgan fingerprint density at radius 3 is 2.16 bits per heavy atom. The van der Waals surface area contributed by atoms with Gasteiger partial charge in [-0.25, -0.2) is 8.42 Å². The van der Waals surface area contributed by atoms with Crippen LogP contribution < -0.4 is 0 Å². The molecule has 1 aromatic rings. The van der Waals surface area contributed by atoms with Crippen molar-refractivity contribution in [2.45, 2.75) is 56.3 Å². The Morgan fingerprint density at radius 2 is 1.68 bits per heavy atom. The molecule has 1 aliphatic rings. The van der Waals surface area contributed by atoms with E-state index >= 15 is 0 Å². The smallest absolute Gasteiger partial charge is 0.207 e. The van der Waals surface area contributed by atoms with Crippen LogP contribution in [-0.2, 0) is 9.05 Å². The third-order valence-electron chi connectivity index (χ3n) is 4.18. The molecule has 2 rings (SSSR count). The van der Waals surface area contributed by atoms with Crippen molar-refractivity contribution in [1.82, 2.24) is 0 Å². The van der Waals surface area contributed by atoms with Crippen molar-refractivity contribution in [3.63, 3.8) is 0 Å². The Morgan fingerprint density at radius 1 is 1.11 bits per heavy atom. The Hall–Kier alpha value is -0.540. The highest BCUT2D eigenvalue weighted by Crippen LogP contribution is 2.37. The van der Waals surface area contributed by atoms with Gasteiger partial charge in [0, 0.05) is 10.7 Å². The fourth-order valence-corrected chi connectivity index (χ4v) is 3.87. The topological polar surface area (TPSA) is 34.1 Å². The van der Waals surface area contributed by atoms with Crippen molar-refractivity contribution in [1.29, 1.82) is 0 Å². The first-order valence-corrected chi connectivity index (χ1v) is 9.36. The molecule has 0 N–H and O–H groups in total. The van der Waals surface area contributed by atoms with Crippen LogP contribution in [0, 0.1) is 5.92 Å². The molecule has 19 heavy (non-hydrogen) atoms. The predicted octanol–water partition coefficient (Wildman–Crippen LogP) is 4.69. The van der Waals surface area contributed by atoms with Gasteiger partial charge in [-0.05, 0) is 55.2 Å². The Labute approximate surface area is 120 Å². The van der Waals surface area contributed by atoms with E-state index in [1.54, 1.807) is 12.1 Å². The second-order valence-corrected chi connectivity index (χ2v) is 8.08. The van der Waals surface area contributed by atoms with Crippen LogP contribution in [-0.4, -0.2) is 8.42 Å². The van der Waals surface area contributed by atoms with E-state index in [1.807, 2.05) is 12.1 Å². The zero-order chi connectivity index (χ0) is 13.9. The summed E-state index contributed by atoms with van der Waals surface area (Å²) in [5.41, 5.74) is 1.25. The highest BCUT2D eigenvalue weighted by Gasteiger charge is 2.22. The fraction of sp³-hybridized carbons (Fsp3) is 0.600. The molecule has 0 heterocycles. The van der Waals surface area contributed by atoms with Gasteiger partial charge in [-0.15, -0.1) is 0 Å². The van der Waals surface area contributed by atoms with E-state index in [-0.39, 0.29) is 4.90 Å². The highest BCUT2D eigenvalue weighted by molar-refractivity contribution is 8.13. The van der Waals surface area contributed by atoms with Crippen molar-refractivity contribution in [3.8, 4) is 0 Å². The second kappa shape index (κ2) is 6.27. The minimum atomic E-state index is -3.59. The molecule has 1 aliphatic carbocycles. The summed E-state index contributed by atoms with van der Waals surface area (Å²) >= 11 is 0. The number of rotatable bonds is 4. The third-order valence-corrected chi connectivity index (χ3v) is 5.55. The predicted molar refractivity (Wildman–Crippen MR) is 79.1 cm³/mol. The van der Waals surface area contributed by atoms with E-state index in [0.29, 0.717) is 5.92 Å². The molecule has 1 aromatic carbocycles. The van der Waals surface area contributed by atoms with Gasteiger partial charge in [0.05, 0.1) is 4.90 Å². The number of hydrogen-bond acceptors (Lipinski definition) is 2. The standard InChI is InChI=1S/C15H21ClO2S/c1-2-3-12-4-6-13(7-5-12)14-8-10-15(11-9-14)19(16,17)18/h8-13H,2-7H2,1H3/t12-,13-. The summed E-state index contributed by atoms with van der Waals surface area (Å²) < 4.78 is 22.4. The van der Waals surface area contributed by atoms with Crippen molar-refractivity contribution >= 4 is 19.7 Å². The van der Waals surface area contributed by atoms with Crippen LogP contribution in [0.3, 0.4) is 0 Å². The Kier molecular flexibility index (Phi) is 4.91. The van der Waals surface area contributed by atoms with Crippen molar-refractivity contribution in [2.24, 2.45) is 5.92 Å². The van der Waals surface area contributed by atoms with Gasteiger partial charge in [0.15, 0.2) is 0 Å². The molecule has 1 fully saturated rings. The van der Waals surface area contributed by atoms with E-state index in [9.17, 15) is 8.42 Å². The molecular formula is C15H21ClO2S. The minimum absolute atomic E-state index is 0.192. The average molecular weight is 301 g/mol. The van der Waals surface area contributed by atoms with E-state index in [2.05, 4.69) is 6.92 Å². The van der Waals surface area contributed by atoms with Crippen LogP contribution in [0.1, 0.15) is 56.9 Å². The minimum Gasteiger partial charge on any atom is -0.207 e. The van der Waals surface area contributed by atoms with Crippen LogP contribution in [0.5, 0.6) is 0 Å². The zero-order valence-electron chi connectivity index (χ0n) is 11.3. The molecule has 0 amide bonds. The SMILES string of the molecule is CCC[C@H]1CC[C@H](c2ccc(S(=O)(=O)Cl)cc2)CC1. The molecule has 0 saturated heterocycles. The number of benzene rings is 1. The molecule has 0 radical (unpaired) electrons. The summed E-state index contributed by atoms with van der Waals surface area (Å²) in [5.74, 6) is 1.48. The largest absolute Gasteiger partial charge is 0.261 e. The first-order chi connectivity index (χ1) is 9.00. The molecule has 4 heteroatoms. The summed E-state index contributed by atoms with van der Waals surface area (Å²) in [7, 11) is 1.73. The van der Waals surface area contributed by atoms with Gasteiger partial charge in [0.25, 0.3) is 9.05 Å². The maximum Gasteiger partial charge on any atom is 0.261 e. The van der Waals surface area contributed by atoms with Crippen LogP contribution in [0.4, 0.5) is 0 Å². The molecule has 106 valence electrons. The lowest BCUT2D eigenvalue weighted by molar-refractivity contribution is 0.308. The Bertz CT molecular complexity index is 499. The van der Waals surface area contributed by atoms with Crippen molar-refractivity contribution in [3.05, 3.63) is 29.8 Å². The van der Waals surface area contributed by atoms with E-state index in [1.165, 1.54) is 44.1 Å². The molecule has 1 saturated carbocycles.